The number of thiazole rings is 1. The Morgan fingerprint density at radius 3 is 2.69 bits per heavy atom. The van der Waals surface area contributed by atoms with Gasteiger partial charge >= 0.3 is 0 Å². The van der Waals surface area contributed by atoms with Gasteiger partial charge in [0.15, 0.2) is 15.0 Å². The lowest BCUT2D eigenvalue weighted by atomic mass is 10.2. The van der Waals surface area contributed by atoms with Crippen molar-refractivity contribution in [1.82, 2.24) is 4.98 Å². The maximum atomic E-state index is 12.7. The molecular weight excluding hydrogens is 388 g/mol. The summed E-state index contributed by atoms with van der Waals surface area (Å²) in [6.07, 6.45) is 0.626. The Morgan fingerprint density at radius 2 is 1.92 bits per heavy atom. The first kappa shape index (κ1) is 17.5. The third-order valence-corrected chi connectivity index (χ3v) is 8.41. The largest absolute Gasteiger partial charge is 0.298 e. The zero-order chi connectivity index (χ0) is 18.1. The predicted octanol–water partition coefficient (Wildman–Crippen LogP) is 3.83. The fourth-order valence-corrected chi connectivity index (χ4v) is 7.37. The number of amides is 1. The van der Waals surface area contributed by atoms with E-state index in [0.717, 1.165) is 15.1 Å². The number of rotatable bonds is 4. The number of aromatic nitrogens is 1. The van der Waals surface area contributed by atoms with Crippen molar-refractivity contribution in [2.45, 2.75) is 16.6 Å². The second-order valence-corrected chi connectivity index (χ2v) is 10.7. The Balaban J connectivity index is 1.54. The normalized spacial score (nSPS) is 18.8. The molecular formula is C18H16N2O3S3. The lowest BCUT2D eigenvalue weighted by Crippen LogP contribution is -2.14. The Labute approximate surface area is 159 Å². The van der Waals surface area contributed by atoms with Crippen molar-refractivity contribution in [2.75, 3.05) is 16.8 Å². The zero-order valence-corrected chi connectivity index (χ0v) is 16.2. The summed E-state index contributed by atoms with van der Waals surface area (Å²) < 4.78 is 24.4. The lowest BCUT2D eigenvalue weighted by molar-refractivity contribution is 0.102. The fraction of sp³-hybridized carbons (Fsp3) is 0.222. The van der Waals surface area contributed by atoms with Crippen molar-refractivity contribution >= 4 is 54.2 Å². The number of carbonyl (C=O) groups excluding carboxylic acids is 1. The van der Waals surface area contributed by atoms with Crippen molar-refractivity contribution in [3.8, 4) is 0 Å². The third-order valence-electron chi connectivity index (χ3n) is 4.13. The van der Waals surface area contributed by atoms with Crippen molar-refractivity contribution < 1.29 is 13.2 Å². The third kappa shape index (κ3) is 3.77. The first-order valence-electron chi connectivity index (χ1n) is 8.13. The average Bonchev–Trinajstić information content (AvgIpc) is 3.17. The molecule has 1 N–H and O–H groups in total. The molecule has 2 heterocycles. The molecule has 0 spiro atoms. The van der Waals surface area contributed by atoms with Gasteiger partial charge in [-0.3, -0.25) is 10.1 Å². The van der Waals surface area contributed by atoms with Crippen LogP contribution in [0.1, 0.15) is 16.8 Å². The van der Waals surface area contributed by atoms with Gasteiger partial charge in [0.25, 0.3) is 5.91 Å². The number of fused-ring (bicyclic) bond motifs is 1. The van der Waals surface area contributed by atoms with Gasteiger partial charge in [-0.05, 0) is 30.7 Å². The quantitative estimate of drug-likeness (QED) is 0.715. The van der Waals surface area contributed by atoms with Crippen LogP contribution in [-0.4, -0.2) is 36.1 Å². The van der Waals surface area contributed by atoms with Crippen LogP contribution >= 0.6 is 23.1 Å². The Kier molecular flexibility index (Phi) is 4.73. The highest BCUT2D eigenvalue weighted by molar-refractivity contribution is 8.02. The minimum absolute atomic E-state index is 0.00333. The summed E-state index contributed by atoms with van der Waals surface area (Å²) in [6.45, 7) is 0. The molecule has 1 atom stereocenters. The van der Waals surface area contributed by atoms with Crippen LogP contribution in [0.2, 0.25) is 0 Å². The molecule has 0 saturated carbocycles. The zero-order valence-electron chi connectivity index (χ0n) is 13.7. The Hall–Kier alpha value is -1.90. The molecule has 0 radical (unpaired) electrons. The molecule has 1 aliphatic heterocycles. The van der Waals surface area contributed by atoms with Gasteiger partial charge in [-0.25, -0.2) is 13.4 Å². The van der Waals surface area contributed by atoms with E-state index in [-0.39, 0.29) is 22.7 Å². The smallest absolute Gasteiger partial charge is 0.258 e. The molecule has 0 unspecified atom stereocenters. The molecule has 0 bridgehead atoms. The van der Waals surface area contributed by atoms with Gasteiger partial charge < -0.3 is 0 Å². The van der Waals surface area contributed by atoms with Crippen LogP contribution < -0.4 is 5.32 Å². The standard InChI is InChI=1S/C18H16N2O3S3/c21-17(20-18-19-14-6-2-4-8-16(14)25-18)13-5-1-3-7-15(13)24-12-9-10-26(22,23)11-12/h1-8,12H,9-11H2,(H,19,20,21)/t12-/m1/s1. The Bertz CT molecular complexity index is 1040. The van der Waals surface area contributed by atoms with Gasteiger partial charge in [0, 0.05) is 10.1 Å². The topological polar surface area (TPSA) is 76.1 Å². The molecule has 2 aromatic carbocycles. The molecule has 3 aromatic rings. The number of sulfone groups is 1. The van der Waals surface area contributed by atoms with Gasteiger partial charge in [0.05, 0.1) is 27.3 Å². The van der Waals surface area contributed by atoms with Crippen LogP contribution in [0.4, 0.5) is 5.13 Å². The van der Waals surface area contributed by atoms with E-state index in [2.05, 4.69) is 10.3 Å². The van der Waals surface area contributed by atoms with Crippen LogP contribution in [0.5, 0.6) is 0 Å². The minimum Gasteiger partial charge on any atom is -0.298 e. The fourth-order valence-electron chi connectivity index (χ4n) is 2.88. The molecule has 5 nitrogen and oxygen atoms in total. The van der Waals surface area contributed by atoms with Crippen LogP contribution in [0.15, 0.2) is 53.4 Å². The van der Waals surface area contributed by atoms with Crippen LogP contribution in [0.3, 0.4) is 0 Å². The molecule has 1 aliphatic rings. The number of nitrogens with zero attached hydrogens (tertiary/aromatic N) is 1. The molecule has 0 aliphatic carbocycles. The average molecular weight is 405 g/mol. The van der Waals surface area contributed by atoms with E-state index < -0.39 is 9.84 Å². The summed E-state index contributed by atoms with van der Waals surface area (Å²) in [5.74, 6) is 0.170. The van der Waals surface area contributed by atoms with Crippen LogP contribution in [0.25, 0.3) is 10.2 Å². The molecule has 1 fully saturated rings. The van der Waals surface area contributed by atoms with Gasteiger partial charge in [-0.1, -0.05) is 35.6 Å². The van der Waals surface area contributed by atoms with E-state index in [0.29, 0.717) is 17.1 Å². The van der Waals surface area contributed by atoms with E-state index in [9.17, 15) is 13.2 Å². The van der Waals surface area contributed by atoms with Gasteiger partial charge in [-0.2, -0.15) is 0 Å². The summed E-state index contributed by atoms with van der Waals surface area (Å²) in [7, 11) is -2.94. The number of anilines is 1. The molecule has 8 heteroatoms. The maximum Gasteiger partial charge on any atom is 0.258 e. The highest BCUT2D eigenvalue weighted by atomic mass is 32.2. The predicted molar refractivity (Wildman–Crippen MR) is 107 cm³/mol. The molecule has 1 amide bonds. The van der Waals surface area contributed by atoms with Crippen molar-refractivity contribution in [1.29, 1.82) is 0 Å². The summed E-state index contributed by atoms with van der Waals surface area (Å²) in [6, 6.07) is 15.0. The van der Waals surface area contributed by atoms with Crippen LogP contribution in [0, 0.1) is 0 Å². The molecule has 134 valence electrons. The summed E-state index contributed by atoms with van der Waals surface area (Å²) in [5.41, 5.74) is 1.40. The first-order chi connectivity index (χ1) is 12.5. The van der Waals surface area contributed by atoms with Crippen molar-refractivity contribution in [3.05, 3.63) is 54.1 Å². The number of hydrogen-bond acceptors (Lipinski definition) is 6. The van der Waals surface area contributed by atoms with E-state index in [1.165, 1.54) is 23.1 Å². The molecule has 4 rings (SSSR count). The van der Waals surface area contributed by atoms with Crippen molar-refractivity contribution in [2.24, 2.45) is 0 Å². The summed E-state index contributed by atoms with van der Waals surface area (Å²) in [4.78, 5) is 18.0. The Morgan fingerprint density at radius 1 is 1.15 bits per heavy atom. The van der Waals surface area contributed by atoms with Gasteiger partial charge in [-0.15, -0.1) is 11.8 Å². The van der Waals surface area contributed by atoms with E-state index in [1.807, 2.05) is 42.5 Å². The number of benzene rings is 2. The van der Waals surface area contributed by atoms with Gasteiger partial charge in [0.2, 0.25) is 0 Å². The van der Waals surface area contributed by atoms with Crippen LogP contribution in [-0.2, 0) is 9.84 Å². The first-order valence-corrected chi connectivity index (χ1v) is 11.6. The summed E-state index contributed by atoms with van der Waals surface area (Å²) in [5, 5.41) is 3.42. The second-order valence-electron chi connectivity index (χ2n) is 6.08. The van der Waals surface area contributed by atoms with E-state index in [4.69, 9.17) is 0 Å². The molecule has 1 saturated heterocycles. The molecule has 1 aromatic heterocycles. The number of hydrogen-bond donors (Lipinski definition) is 1. The SMILES string of the molecule is O=C(Nc1nc2ccccc2s1)c1ccccc1S[C@@H]1CCS(=O)(=O)C1. The number of para-hydroxylation sites is 1. The highest BCUT2D eigenvalue weighted by Gasteiger charge is 2.29. The van der Waals surface area contributed by atoms with E-state index in [1.54, 1.807) is 6.07 Å². The van der Waals surface area contributed by atoms with Crippen molar-refractivity contribution in [3.63, 3.8) is 0 Å². The van der Waals surface area contributed by atoms with E-state index >= 15 is 0 Å². The number of carbonyl (C=O) groups is 1. The number of thioether (sulfide) groups is 1. The monoisotopic (exact) mass is 404 g/mol. The second kappa shape index (κ2) is 7.02. The highest BCUT2D eigenvalue weighted by Crippen LogP contribution is 2.33. The summed E-state index contributed by atoms with van der Waals surface area (Å²) >= 11 is 2.90. The minimum atomic E-state index is -2.94. The lowest BCUT2D eigenvalue weighted by Gasteiger charge is -2.11. The van der Waals surface area contributed by atoms with Gasteiger partial charge in [0.1, 0.15) is 0 Å². The maximum absolute atomic E-state index is 12.7. The number of nitrogens with one attached hydrogen (secondary N) is 1. The molecule has 26 heavy (non-hydrogen) atoms.